The van der Waals surface area contributed by atoms with Crippen molar-refractivity contribution in [1.29, 1.82) is 0 Å². The van der Waals surface area contributed by atoms with E-state index in [2.05, 4.69) is 0 Å². The molecule has 0 aliphatic carbocycles. The molecule has 3 nitrogen and oxygen atoms in total. The molecule has 0 saturated carbocycles. The first-order chi connectivity index (χ1) is 5.13. The highest BCUT2D eigenvalue weighted by atomic mass is 16.3. The Morgan fingerprint density at radius 3 is 1.73 bits per heavy atom. The first-order valence-electron chi connectivity index (χ1n) is 3.38. The molecule has 3 heteroatoms. The van der Waals surface area contributed by atoms with Crippen LogP contribution in [0, 0.1) is 0 Å². The smallest absolute Gasteiger partial charge is 0.115 e. The van der Waals surface area contributed by atoms with Crippen LogP contribution in [0.25, 0.3) is 0 Å². The summed E-state index contributed by atoms with van der Waals surface area (Å²) < 4.78 is 0. The van der Waals surface area contributed by atoms with Crippen LogP contribution in [-0.2, 0) is 0 Å². The fourth-order valence-corrected chi connectivity index (χ4v) is 0.428. The summed E-state index contributed by atoms with van der Waals surface area (Å²) in [4.78, 5) is 0. The fraction of sp³-hybridized carbons (Fsp3) is 0.250. The third-order valence-electron chi connectivity index (χ3n) is 0.756. The highest BCUT2D eigenvalue weighted by Crippen LogP contribution is 2.02. The molecule has 1 aromatic carbocycles. The van der Waals surface area contributed by atoms with Crippen LogP contribution in [0.4, 0.5) is 0 Å². The average molecular weight is 154 g/mol. The van der Waals surface area contributed by atoms with Crippen LogP contribution in [0.5, 0.6) is 5.75 Å². The van der Waals surface area contributed by atoms with Gasteiger partial charge in [-0.1, -0.05) is 18.2 Å². The van der Waals surface area contributed by atoms with E-state index in [-0.39, 0.29) is 6.17 Å². The summed E-state index contributed by atoms with van der Waals surface area (Å²) in [6, 6.07) is 8.71. The number of para-hydroxylation sites is 1. The summed E-state index contributed by atoms with van der Waals surface area (Å²) in [5.74, 6) is 0.322. The molecule has 0 spiro atoms. The van der Waals surface area contributed by atoms with Crippen LogP contribution in [-0.4, -0.2) is 11.3 Å². The molecule has 0 fully saturated rings. The van der Waals surface area contributed by atoms with Crippen LogP contribution in [0.3, 0.4) is 0 Å². The standard InChI is InChI=1S/C6H6O.C2H8N2/c7-6-4-2-1-3-5-6;1-2(3)4/h1-5,7H;2H,3-4H2,1H3. The monoisotopic (exact) mass is 154 g/mol. The topological polar surface area (TPSA) is 72.3 Å². The minimum absolute atomic E-state index is 0.167. The van der Waals surface area contributed by atoms with E-state index < -0.39 is 0 Å². The van der Waals surface area contributed by atoms with Crippen molar-refractivity contribution >= 4 is 0 Å². The maximum Gasteiger partial charge on any atom is 0.115 e. The molecule has 0 radical (unpaired) electrons. The molecule has 1 rings (SSSR count). The summed E-state index contributed by atoms with van der Waals surface area (Å²) in [5.41, 5.74) is 9.78. The van der Waals surface area contributed by atoms with Gasteiger partial charge in [-0.25, -0.2) is 0 Å². The van der Waals surface area contributed by atoms with Gasteiger partial charge in [0.25, 0.3) is 0 Å². The lowest BCUT2D eigenvalue weighted by Crippen LogP contribution is -2.25. The molecule has 1 aromatic rings. The Balaban J connectivity index is 0.000000218. The van der Waals surface area contributed by atoms with Gasteiger partial charge in [0.2, 0.25) is 0 Å². The number of phenols is 1. The lowest BCUT2D eigenvalue weighted by Gasteiger charge is -1.83. The summed E-state index contributed by atoms with van der Waals surface area (Å²) >= 11 is 0. The van der Waals surface area contributed by atoms with E-state index in [1.807, 2.05) is 6.07 Å². The van der Waals surface area contributed by atoms with Crippen LogP contribution in [0.2, 0.25) is 0 Å². The number of hydrogen-bond donors (Lipinski definition) is 3. The average Bonchev–Trinajstić information content (AvgIpc) is 1.87. The molecule has 0 aliphatic heterocycles. The number of rotatable bonds is 0. The summed E-state index contributed by atoms with van der Waals surface area (Å²) in [7, 11) is 0. The molecule has 11 heavy (non-hydrogen) atoms. The minimum Gasteiger partial charge on any atom is -0.508 e. The molecular weight excluding hydrogens is 140 g/mol. The number of phenolic OH excluding ortho intramolecular Hbond substituents is 1. The maximum absolute atomic E-state index is 8.63. The summed E-state index contributed by atoms with van der Waals surface area (Å²) in [6.45, 7) is 1.72. The molecule has 62 valence electrons. The van der Waals surface area contributed by atoms with Gasteiger partial charge in [-0.3, -0.25) is 0 Å². The molecular formula is C8H14N2O. The highest BCUT2D eigenvalue weighted by Gasteiger charge is 1.74. The fourth-order valence-electron chi connectivity index (χ4n) is 0.428. The Labute approximate surface area is 66.6 Å². The maximum atomic E-state index is 8.63. The second-order valence-corrected chi connectivity index (χ2v) is 2.19. The van der Waals surface area contributed by atoms with E-state index in [0.29, 0.717) is 5.75 Å². The van der Waals surface area contributed by atoms with Crippen LogP contribution < -0.4 is 11.5 Å². The van der Waals surface area contributed by atoms with E-state index in [1.54, 1.807) is 31.2 Å². The van der Waals surface area contributed by atoms with Crippen LogP contribution in [0.15, 0.2) is 30.3 Å². The first-order valence-corrected chi connectivity index (χ1v) is 3.38. The number of aromatic hydroxyl groups is 1. The molecule has 0 atom stereocenters. The number of hydrogen-bond acceptors (Lipinski definition) is 3. The molecule has 5 N–H and O–H groups in total. The second kappa shape index (κ2) is 5.70. The Morgan fingerprint density at radius 2 is 1.55 bits per heavy atom. The number of nitrogens with two attached hydrogens (primary N) is 2. The van der Waals surface area contributed by atoms with Crippen molar-refractivity contribution in [3.63, 3.8) is 0 Å². The van der Waals surface area contributed by atoms with Gasteiger partial charge < -0.3 is 16.6 Å². The largest absolute Gasteiger partial charge is 0.508 e. The quantitative estimate of drug-likeness (QED) is 0.480. The van der Waals surface area contributed by atoms with Crippen LogP contribution in [0.1, 0.15) is 6.92 Å². The van der Waals surface area contributed by atoms with Gasteiger partial charge in [-0.2, -0.15) is 0 Å². The van der Waals surface area contributed by atoms with E-state index >= 15 is 0 Å². The lowest BCUT2D eigenvalue weighted by molar-refractivity contribution is 0.475. The van der Waals surface area contributed by atoms with Gasteiger partial charge in [0, 0.05) is 6.17 Å². The van der Waals surface area contributed by atoms with Crippen molar-refractivity contribution in [3.05, 3.63) is 30.3 Å². The highest BCUT2D eigenvalue weighted by molar-refractivity contribution is 5.18. The minimum atomic E-state index is -0.167. The van der Waals surface area contributed by atoms with E-state index in [0.717, 1.165) is 0 Å². The molecule has 0 aromatic heterocycles. The first kappa shape index (κ1) is 9.94. The zero-order chi connectivity index (χ0) is 8.69. The third kappa shape index (κ3) is 8.94. The predicted octanol–water partition coefficient (Wildman–Crippen LogP) is 0.642. The van der Waals surface area contributed by atoms with Gasteiger partial charge in [0.05, 0.1) is 0 Å². The van der Waals surface area contributed by atoms with E-state index in [1.165, 1.54) is 0 Å². The SMILES string of the molecule is CC(N)N.Oc1ccccc1. The van der Waals surface area contributed by atoms with Crippen molar-refractivity contribution < 1.29 is 5.11 Å². The van der Waals surface area contributed by atoms with Gasteiger partial charge in [0.1, 0.15) is 5.75 Å². The lowest BCUT2D eigenvalue weighted by atomic mass is 10.3. The van der Waals surface area contributed by atoms with Crippen molar-refractivity contribution in [2.75, 3.05) is 0 Å². The molecule has 0 heterocycles. The molecule has 0 saturated heterocycles. The van der Waals surface area contributed by atoms with Crippen LogP contribution >= 0.6 is 0 Å². The Kier molecular flexibility index (Phi) is 5.15. The van der Waals surface area contributed by atoms with E-state index in [4.69, 9.17) is 16.6 Å². The molecule has 0 bridgehead atoms. The third-order valence-corrected chi connectivity index (χ3v) is 0.756. The second-order valence-electron chi connectivity index (χ2n) is 2.19. The van der Waals surface area contributed by atoms with Crippen molar-refractivity contribution in [2.24, 2.45) is 11.5 Å². The number of benzene rings is 1. The zero-order valence-corrected chi connectivity index (χ0v) is 6.57. The normalized spacial score (nSPS) is 8.73. The Hall–Kier alpha value is -1.06. The predicted molar refractivity (Wildman–Crippen MR) is 45.9 cm³/mol. The van der Waals surface area contributed by atoms with Crippen molar-refractivity contribution in [1.82, 2.24) is 0 Å². The van der Waals surface area contributed by atoms with Crippen molar-refractivity contribution in [2.45, 2.75) is 13.1 Å². The van der Waals surface area contributed by atoms with E-state index in [9.17, 15) is 0 Å². The molecule has 0 amide bonds. The Bertz CT molecular complexity index is 172. The Morgan fingerprint density at radius 1 is 1.18 bits per heavy atom. The van der Waals surface area contributed by atoms with Gasteiger partial charge in [-0.05, 0) is 19.1 Å². The molecule has 0 unspecified atom stereocenters. The summed E-state index contributed by atoms with van der Waals surface area (Å²) in [5, 5.41) is 8.63. The van der Waals surface area contributed by atoms with Gasteiger partial charge in [0.15, 0.2) is 0 Å². The van der Waals surface area contributed by atoms with Crippen molar-refractivity contribution in [3.8, 4) is 5.75 Å². The van der Waals surface area contributed by atoms with Gasteiger partial charge >= 0.3 is 0 Å². The zero-order valence-electron chi connectivity index (χ0n) is 6.57. The summed E-state index contributed by atoms with van der Waals surface area (Å²) in [6.07, 6.45) is -0.167. The van der Waals surface area contributed by atoms with Gasteiger partial charge in [-0.15, -0.1) is 0 Å². The molecule has 0 aliphatic rings.